The van der Waals surface area contributed by atoms with Gasteiger partial charge in [0.2, 0.25) is 0 Å². The third kappa shape index (κ3) is 2.55. The van der Waals surface area contributed by atoms with E-state index in [-0.39, 0.29) is 13.1 Å². The van der Waals surface area contributed by atoms with Crippen LogP contribution in [-0.2, 0) is 9.59 Å². The highest BCUT2D eigenvalue weighted by Gasteiger charge is 2.55. The minimum absolute atomic E-state index is 0.0810. The first-order chi connectivity index (χ1) is 8.76. The number of carbonyl (C=O) groups excluding carboxylic acids is 1. The fraction of sp³-hybridized carbons (Fsp3) is 0.833. The van der Waals surface area contributed by atoms with E-state index in [4.69, 9.17) is 0 Å². The summed E-state index contributed by atoms with van der Waals surface area (Å²) in [5.74, 6) is -3.89. The average molecular weight is 279 g/mol. The van der Waals surface area contributed by atoms with E-state index < -0.39 is 29.4 Å². The molecule has 7 heteroatoms. The largest absolute Gasteiger partial charge is 0.481 e. The van der Waals surface area contributed by atoms with Crippen molar-refractivity contribution in [1.29, 1.82) is 0 Å². The molecule has 1 saturated carbocycles. The number of alkyl halides is 3. The maximum Gasteiger partial charge on any atom is 0.471 e. The number of carboxylic acid groups (broad SMARTS) is 1. The summed E-state index contributed by atoms with van der Waals surface area (Å²) in [6.45, 7) is -0.407. The van der Waals surface area contributed by atoms with Crippen LogP contribution in [0.3, 0.4) is 0 Å². The summed E-state index contributed by atoms with van der Waals surface area (Å²) in [6.07, 6.45) is -1.14. The molecule has 0 aromatic heterocycles. The zero-order valence-corrected chi connectivity index (χ0v) is 10.4. The second-order valence-electron chi connectivity index (χ2n) is 5.50. The van der Waals surface area contributed by atoms with Crippen molar-refractivity contribution in [1.82, 2.24) is 4.90 Å². The number of carboxylic acids is 1. The molecule has 1 aliphatic carbocycles. The molecule has 2 aliphatic rings. The van der Waals surface area contributed by atoms with Gasteiger partial charge in [-0.2, -0.15) is 13.2 Å². The van der Waals surface area contributed by atoms with Crippen molar-refractivity contribution in [2.75, 3.05) is 13.1 Å². The molecule has 2 fully saturated rings. The fourth-order valence-corrected chi connectivity index (χ4v) is 3.41. The van der Waals surface area contributed by atoms with Crippen LogP contribution < -0.4 is 0 Å². The predicted octanol–water partition coefficient (Wildman–Crippen LogP) is 2.04. The molecule has 1 amide bonds. The molecule has 0 bridgehead atoms. The van der Waals surface area contributed by atoms with E-state index in [1.807, 2.05) is 0 Å². The number of carbonyl (C=O) groups is 2. The molecular formula is C12H16F3NO3. The standard InChI is InChI=1S/C12H16F3NO3/c13-12(14,15)10(19)16-6-8(9(17)18)11(7-16)4-2-1-3-5-11/h8H,1-7H2,(H,17,18). The molecule has 19 heavy (non-hydrogen) atoms. The molecule has 4 nitrogen and oxygen atoms in total. The molecular weight excluding hydrogens is 263 g/mol. The van der Waals surface area contributed by atoms with Crippen molar-refractivity contribution in [2.45, 2.75) is 38.3 Å². The first-order valence-electron chi connectivity index (χ1n) is 6.35. The Morgan fingerprint density at radius 2 is 1.74 bits per heavy atom. The number of amides is 1. The lowest BCUT2D eigenvalue weighted by Crippen LogP contribution is -2.41. The van der Waals surface area contributed by atoms with Crippen LogP contribution in [0.1, 0.15) is 32.1 Å². The summed E-state index contributed by atoms with van der Waals surface area (Å²) in [6, 6.07) is 0. The molecule has 1 heterocycles. The van der Waals surface area contributed by atoms with E-state index in [0.29, 0.717) is 17.7 Å². The third-order valence-electron chi connectivity index (χ3n) is 4.33. The van der Waals surface area contributed by atoms with Gasteiger partial charge in [-0.05, 0) is 12.8 Å². The summed E-state index contributed by atoms with van der Waals surface area (Å²) >= 11 is 0. The molecule has 1 saturated heterocycles. The first-order valence-corrected chi connectivity index (χ1v) is 6.35. The number of nitrogens with zero attached hydrogens (tertiary/aromatic N) is 1. The number of likely N-dealkylation sites (tertiary alicyclic amines) is 1. The number of hydrogen-bond acceptors (Lipinski definition) is 2. The molecule has 0 aromatic carbocycles. The summed E-state index contributed by atoms with van der Waals surface area (Å²) in [5, 5.41) is 9.21. The van der Waals surface area contributed by atoms with Crippen LogP contribution >= 0.6 is 0 Å². The van der Waals surface area contributed by atoms with E-state index in [9.17, 15) is 27.9 Å². The molecule has 1 N–H and O–H groups in total. The normalized spacial score (nSPS) is 26.7. The molecule has 0 radical (unpaired) electrons. The van der Waals surface area contributed by atoms with Crippen LogP contribution in [0.2, 0.25) is 0 Å². The average Bonchev–Trinajstić information content (AvgIpc) is 2.67. The highest BCUT2D eigenvalue weighted by molar-refractivity contribution is 5.83. The Kier molecular flexibility index (Phi) is 3.49. The topological polar surface area (TPSA) is 57.6 Å². The van der Waals surface area contributed by atoms with Gasteiger partial charge in [0.15, 0.2) is 0 Å². The molecule has 1 aliphatic heterocycles. The van der Waals surface area contributed by atoms with Gasteiger partial charge in [0.1, 0.15) is 0 Å². The lowest BCUT2D eigenvalue weighted by molar-refractivity contribution is -0.184. The monoisotopic (exact) mass is 279 g/mol. The second kappa shape index (κ2) is 4.68. The van der Waals surface area contributed by atoms with Crippen molar-refractivity contribution in [2.24, 2.45) is 11.3 Å². The van der Waals surface area contributed by atoms with E-state index in [1.165, 1.54) is 0 Å². The Morgan fingerprint density at radius 1 is 1.16 bits per heavy atom. The number of aliphatic carboxylic acids is 1. The second-order valence-corrected chi connectivity index (χ2v) is 5.50. The van der Waals surface area contributed by atoms with Gasteiger partial charge in [-0.3, -0.25) is 9.59 Å². The van der Waals surface area contributed by atoms with Crippen LogP contribution in [0.15, 0.2) is 0 Å². The quantitative estimate of drug-likeness (QED) is 0.799. The smallest absolute Gasteiger partial charge is 0.471 e. The van der Waals surface area contributed by atoms with Crippen molar-refractivity contribution in [3.8, 4) is 0 Å². The Bertz CT molecular complexity index is 388. The maximum atomic E-state index is 12.4. The summed E-state index contributed by atoms with van der Waals surface area (Å²) in [5.41, 5.74) is -0.662. The van der Waals surface area contributed by atoms with Crippen molar-refractivity contribution < 1.29 is 27.9 Å². The van der Waals surface area contributed by atoms with Crippen LogP contribution in [0.25, 0.3) is 0 Å². The summed E-state index contributed by atoms with van der Waals surface area (Å²) in [7, 11) is 0. The Hall–Kier alpha value is -1.27. The molecule has 0 aromatic rings. The van der Waals surface area contributed by atoms with Gasteiger partial charge in [-0.1, -0.05) is 19.3 Å². The van der Waals surface area contributed by atoms with Crippen LogP contribution in [0, 0.1) is 11.3 Å². The number of hydrogen-bond donors (Lipinski definition) is 1. The summed E-state index contributed by atoms with van der Waals surface area (Å²) < 4.78 is 37.3. The lowest BCUT2D eigenvalue weighted by atomic mass is 9.68. The van der Waals surface area contributed by atoms with Gasteiger partial charge in [-0.15, -0.1) is 0 Å². The highest BCUT2D eigenvalue weighted by atomic mass is 19.4. The van der Waals surface area contributed by atoms with Crippen LogP contribution in [0.4, 0.5) is 13.2 Å². The Balaban J connectivity index is 2.21. The van der Waals surface area contributed by atoms with E-state index in [1.54, 1.807) is 0 Å². The minimum Gasteiger partial charge on any atom is -0.481 e. The SMILES string of the molecule is O=C(O)C1CN(C(=O)C(F)(F)F)CC12CCCCC2. The van der Waals surface area contributed by atoms with Gasteiger partial charge in [0, 0.05) is 18.5 Å². The van der Waals surface area contributed by atoms with Crippen molar-refractivity contribution >= 4 is 11.9 Å². The van der Waals surface area contributed by atoms with Crippen LogP contribution in [-0.4, -0.2) is 41.1 Å². The van der Waals surface area contributed by atoms with Gasteiger partial charge < -0.3 is 10.0 Å². The van der Waals surface area contributed by atoms with Gasteiger partial charge >= 0.3 is 18.1 Å². The van der Waals surface area contributed by atoms with E-state index in [2.05, 4.69) is 0 Å². The maximum absolute atomic E-state index is 12.4. The third-order valence-corrected chi connectivity index (χ3v) is 4.33. The van der Waals surface area contributed by atoms with Crippen molar-refractivity contribution in [3.63, 3.8) is 0 Å². The van der Waals surface area contributed by atoms with E-state index in [0.717, 1.165) is 19.3 Å². The molecule has 1 atom stereocenters. The number of rotatable bonds is 1. The number of halogens is 3. The molecule has 1 spiro atoms. The molecule has 2 rings (SSSR count). The Morgan fingerprint density at radius 3 is 2.21 bits per heavy atom. The molecule has 1 unspecified atom stereocenters. The fourth-order valence-electron chi connectivity index (χ4n) is 3.41. The first kappa shape index (κ1) is 14.1. The van der Waals surface area contributed by atoms with Crippen LogP contribution in [0.5, 0.6) is 0 Å². The van der Waals surface area contributed by atoms with Crippen molar-refractivity contribution in [3.05, 3.63) is 0 Å². The van der Waals surface area contributed by atoms with E-state index >= 15 is 0 Å². The van der Waals surface area contributed by atoms with Gasteiger partial charge in [0.05, 0.1) is 5.92 Å². The lowest BCUT2D eigenvalue weighted by Gasteiger charge is -2.36. The minimum atomic E-state index is -4.93. The predicted molar refractivity (Wildman–Crippen MR) is 59.3 cm³/mol. The zero-order valence-electron chi connectivity index (χ0n) is 10.4. The van der Waals surface area contributed by atoms with Gasteiger partial charge in [-0.25, -0.2) is 0 Å². The summed E-state index contributed by atoms with van der Waals surface area (Å²) in [4.78, 5) is 23.2. The Labute approximate surface area is 108 Å². The highest BCUT2D eigenvalue weighted by Crippen LogP contribution is 2.48. The molecule has 108 valence electrons. The van der Waals surface area contributed by atoms with Gasteiger partial charge in [0.25, 0.3) is 0 Å². The zero-order chi connectivity index (χ0) is 14.3.